The van der Waals surface area contributed by atoms with Crippen molar-refractivity contribution in [2.45, 2.75) is 19.3 Å². The number of aromatic nitrogens is 2. The minimum Gasteiger partial charge on any atom is -0.368 e. The zero-order chi connectivity index (χ0) is 18.2. The molecule has 2 aromatic rings. The lowest BCUT2D eigenvalue weighted by Gasteiger charge is -2.22. The Kier molecular flexibility index (Phi) is 6.14. The summed E-state index contributed by atoms with van der Waals surface area (Å²) < 4.78 is 0. The number of hydrogen-bond donors (Lipinski definition) is 2. The summed E-state index contributed by atoms with van der Waals surface area (Å²) in [5.74, 6) is 0.489. The van der Waals surface area contributed by atoms with Crippen LogP contribution in [0.5, 0.6) is 0 Å². The zero-order valence-electron chi connectivity index (χ0n) is 14.6. The molecule has 1 aliphatic heterocycles. The first-order valence-electron chi connectivity index (χ1n) is 8.88. The first-order valence-corrected chi connectivity index (χ1v) is 8.88. The molecule has 0 spiro atoms. The smallest absolute Gasteiger partial charge is 0.255 e. The first kappa shape index (κ1) is 17.8. The van der Waals surface area contributed by atoms with E-state index in [4.69, 9.17) is 0 Å². The van der Waals surface area contributed by atoms with E-state index in [1.54, 1.807) is 23.2 Å². The van der Waals surface area contributed by atoms with Gasteiger partial charge in [0.25, 0.3) is 5.91 Å². The Labute approximate surface area is 152 Å². The molecule has 2 bridgehead atoms. The maximum Gasteiger partial charge on any atom is 0.255 e. The van der Waals surface area contributed by atoms with Crippen LogP contribution < -0.4 is 10.6 Å². The van der Waals surface area contributed by atoms with Crippen LogP contribution in [0.25, 0.3) is 0 Å². The van der Waals surface area contributed by atoms with Gasteiger partial charge >= 0.3 is 0 Å². The summed E-state index contributed by atoms with van der Waals surface area (Å²) in [5.41, 5.74) is 1.53. The monoisotopic (exact) mass is 353 g/mol. The summed E-state index contributed by atoms with van der Waals surface area (Å²) in [5, 5.41) is 6.05. The summed E-state index contributed by atoms with van der Waals surface area (Å²) in [6.45, 7) is 1.63. The van der Waals surface area contributed by atoms with Crippen molar-refractivity contribution in [2.75, 3.05) is 31.5 Å². The molecule has 0 fully saturated rings. The quantitative estimate of drug-likeness (QED) is 0.811. The van der Waals surface area contributed by atoms with Gasteiger partial charge in [0.1, 0.15) is 5.82 Å². The molecule has 1 aliphatic rings. The highest BCUT2D eigenvalue weighted by Crippen LogP contribution is 2.10. The number of hydrogen-bond acceptors (Lipinski definition) is 5. The predicted molar refractivity (Wildman–Crippen MR) is 98.8 cm³/mol. The van der Waals surface area contributed by atoms with Crippen LogP contribution in [0.15, 0.2) is 42.7 Å². The molecule has 0 aliphatic carbocycles. The summed E-state index contributed by atoms with van der Waals surface area (Å²) in [7, 11) is 0. The second-order valence-corrected chi connectivity index (χ2v) is 6.22. The molecular formula is C19H23N5O2. The molecule has 0 unspecified atom stereocenters. The molecule has 7 nitrogen and oxygen atoms in total. The van der Waals surface area contributed by atoms with E-state index in [1.807, 2.05) is 18.2 Å². The van der Waals surface area contributed by atoms with Gasteiger partial charge in [0.05, 0.1) is 12.1 Å². The van der Waals surface area contributed by atoms with Crippen LogP contribution in [0.3, 0.4) is 0 Å². The van der Waals surface area contributed by atoms with Crippen molar-refractivity contribution in [3.63, 3.8) is 0 Å². The van der Waals surface area contributed by atoms with Gasteiger partial charge in [0.15, 0.2) is 0 Å². The highest BCUT2D eigenvalue weighted by atomic mass is 16.2. The van der Waals surface area contributed by atoms with Crippen LogP contribution in [-0.4, -0.2) is 52.9 Å². The lowest BCUT2D eigenvalue weighted by atomic mass is 10.1. The second kappa shape index (κ2) is 8.94. The van der Waals surface area contributed by atoms with Crippen molar-refractivity contribution in [3.05, 3.63) is 54.0 Å². The van der Waals surface area contributed by atoms with Gasteiger partial charge < -0.3 is 15.5 Å². The van der Waals surface area contributed by atoms with Crippen LogP contribution in [0, 0.1) is 0 Å². The fraction of sp³-hybridized carbons (Fsp3) is 0.368. The Balaban J connectivity index is 1.70. The third-order valence-corrected chi connectivity index (χ3v) is 4.20. The van der Waals surface area contributed by atoms with Gasteiger partial charge in [-0.05, 0) is 43.5 Å². The van der Waals surface area contributed by atoms with E-state index < -0.39 is 0 Å². The first-order chi connectivity index (χ1) is 12.7. The van der Waals surface area contributed by atoms with E-state index >= 15 is 0 Å². The number of aryl methyl sites for hydroxylation is 1. The molecule has 26 heavy (non-hydrogen) atoms. The van der Waals surface area contributed by atoms with E-state index in [1.165, 1.54) is 6.20 Å². The zero-order valence-corrected chi connectivity index (χ0v) is 14.6. The Morgan fingerprint density at radius 2 is 1.96 bits per heavy atom. The Morgan fingerprint density at radius 1 is 1.08 bits per heavy atom. The van der Waals surface area contributed by atoms with Gasteiger partial charge in [-0.3, -0.25) is 14.6 Å². The highest BCUT2D eigenvalue weighted by Gasteiger charge is 2.18. The van der Waals surface area contributed by atoms with Gasteiger partial charge in [-0.25, -0.2) is 4.98 Å². The van der Waals surface area contributed by atoms with Crippen molar-refractivity contribution in [1.29, 1.82) is 0 Å². The number of anilines is 1. The van der Waals surface area contributed by atoms with E-state index in [9.17, 15) is 9.59 Å². The molecule has 0 atom stereocenters. The molecule has 136 valence electrons. The predicted octanol–water partition coefficient (Wildman–Crippen LogP) is 1.48. The van der Waals surface area contributed by atoms with Crippen LogP contribution in [0.4, 0.5) is 5.82 Å². The summed E-state index contributed by atoms with van der Waals surface area (Å²) in [4.78, 5) is 35.1. The molecular weight excluding hydrogens is 330 g/mol. The largest absolute Gasteiger partial charge is 0.368 e. The molecule has 0 aromatic carbocycles. The number of nitrogens with one attached hydrogen (secondary N) is 2. The number of amides is 2. The average molecular weight is 353 g/mol. The second-order valence-electron chi connectivity index (χ2n) is 6.22. The van der Waals surface area contributed by atoms with Gasteiger partial charge in [0.2, 0.25) is 5.91 Å². The summed E-state index contributed by atoms with van der Waals surface area (Å²) in [6.07, 6.45) is 5.70. The maximum absolute atomic E-state index is 12.7. The van der Waals surface area contributed by atoms with Crippen molar-refractivity contribution in [3.8, 4) is 0 Å². The fourth-order valence-corrected chi connectivity index (χ4v) is 2.87. The average Bonchev–Trinajstić information content (AvgIpc) is 2.67. The van der Waals surface area contributed by atoms with Crippen LogP contribution >= 0.6 is 0 Å². The molecule has 3 heterocycles. The number of nitrogens with zero attached hydrogens (tertiary/aromatic N) is 3. The fourth-order valence-electron chi connectivity index (χ4n) is 2.87. The maximum atomic E-state index is 12.7. The van der Waals surface area contributed by atoms with Gasteiger partial charge in [-0.1, -0.05) is 6.07 Å². The van der Waals surface area contributed by atoms with Crippen molar-refractivity contribution in [2.24, 2.45) is 0 Å². The normalized spacial score (nSPS) is 16.2. The van der Waals surface area contributed by atoms with Crippen molar-refractivity contribution >= 4 is 17.6 Å². The number of pyridine rings is 2. The summed E-state index contributed by atoms with van der Waals surface area (Å²) in [6, 6.07) is 9.36. The standard InChI is InChI=1S/C19H23N5O2/c25-18-14-24(19(26)15-5-4-9-20-13-15)12-2-1-6-16-7-3-8-17(23-16)21-10-11-22-18/h3-5,7-9,13H,1-2,6,10-12,14H2,(H,21,23)(H,22,25). The van der Waals surface area contributed by atoms with E-state index in [0.717, 1.165) is 30.8 Å². The Morgan fingerprint density at radius 3 is 2.81 bits per heavy atom. The van der Waals surface area contributed by atoms with E-state index in [-0.39, 0.29) is 18.4 Å². The van der Waals surface area contributed by atoms with Crippen molar-refractivity contribution in [1.82, 2.24) is 20.2 Å². The van der Waals surface area contributed by atoms with Gasteiger partial charge in [0, 0.05) is 37.7 Å². The van der Waals surface area contributed by atoms with Crippen LogP contribution in [0.1, 0.15) is 28.9 Å². The van der Waals surface area contributed by atoms with E-state index in [0.29, 0.717) is 25.2 Å². The topological polar surface area (TPSA) is 87.2 Å². The van der Waals surface area contributed by atoms with E-state index in [2.05, 4.69) is 20.6 Å². The molecule has 7 heteroatoms. The minimum atomic E-state index is -0.168. The molecule has 0 saturated carbocycles. The van der Waals surface area contributed by atoms with Crippen molar-refractivity contribution < 1.29 is 9.59 Å². The molecule has 2 aromatic heterocycles. The highest BCUT2D eigenvalue weighted by molar-refractivity contribution is 5.96. The summed E-state index contributed by atoms with van der Waals surface area (Å²) >= 11 is 0. The van der Waals surface area contributed by atoms with Crippen LogP contribution in [-0.2, 0) is 11.2 Å². The number of carbonyl (C=O) groups is 2. The van der Waals surface area contributed by atoms with Crippen LogP contribution in [0.2, 0.25) is 0 Å². The minimum absolute atomic E-state index is 0.0529. The molecule has 2 amide bonds. The van der Waals surface area contributed by atoms with Gasteiger partial charge in [-0.2, -0.15) is 0 Å². The SMILES string of the molecule is O=C1CN(C(=O)c2cccnc2)CCCCc2cccc(n2)NCCN1. The molecule has 0 radical (unpaired) electrons. The molecule has 3 rings (SSSR count). The Bertz CT molecular complexity index is 751. The molecule has 2 N–H and O–H groups in total. The lowest BCUT2D eigenvalue weighted by molar-refractivity contribution is -0.121. The number of carbonyl (C=O) groups excluding carboxylic acids is 2. The number of rotatable bonds is 1. The van der Waals surface area contributed by atoms with Gasteiger partial charge in [-0.15, -0.1) is 0 Å². The number of fused-ring (bicyclic) bond motifs is 2. The lowest BCUT2D eigenvalue weighted by Crippen LogP contribution is -2.42. The Hall–Kier alpha value is -2.96. The third kappa shape index (κ3) is 5.02. The third-order valence-electron chi connectivity index (χ3n) is 4.20. The molecule has 0 saturated heterocycles.